The lowest BCUT2D eigenvalue weighted by Gasteiger charge is -2.28. The van der Waals surface area contributed by atoms with Crippen LogP contribution in [-0.4, -0.2) is 28.3 Å². The molecule has 3 aromatic carbocycles. The number of hydrogen-bond donors (Lipinski definition) is 1. The normalized spacial score (nSPS) is 17.2. The number of esters is 1. The number of ketones is 1. The van der Waals surface area contributed by atoms with Crippen LogP contribution in [0.4, 0.5) is 0 Å². The number of aliphatic hydroxyl groups excluding tert-OH is 1. The van der Waals surface area contributed by atoms with Gasteiger partial charge in [0.15, 0.2) is 5.60 Å². The van der Waals surface area contributed by atoms with Crippen molar-refractivity contribution in [1.82, 2.24) is 0 Å². The lowest BCUT2D eigenvalue weighted by Crippen LogP contribution is -2.29. The lowest BCUT2D eigenvalue weighted by molar-refractivity contribution is -0.147. The second-order valence-electron chi connectivity index (χ2n) is 7.85. The van der Waals surface area contributed by atoms with Crippen LogP contribution >= 0.6 is 6.89 Å². The Balaban J connectivity index is 2.12. The van der Waals surface area contributed by atoms with Crippen LogP contribution in [-0.2, 0) is 14.3 Å². The smallest absolute Gasteiger partial charge is 0.346 e. The van der Waals surface area contributed by atoms with Gasteiger partial charge in [-0.1, -0.05) is 91.0 Å². The number of cyclic esters (lactones) is 1. The molecule has 0 amide bonds. The number of rotatable bonds is 4. The summed E-state index contributed by atoms with van der Waals surface area (Å²) in [5.41, 5.74) is -1.58. The molecular formula is C26H23O4P. The summed E-state index contributed by atoms with van der Waals surface area (Å²) in [6.07, 6.45) is 0. The molecule has 0 bridgehead atoms. The zero-order valence-electron chi connectivity index (χ0n) is 17.4. The Hall–Kier alpha value is -3.36. The van der Waals surface area contributed by atoms with E-state index in [1.165, 1.54) is 13.8 Å². The Bertz CT molecular complexity index is 1110. The first-order valence-corrected chi connectivity index (χ1v) is 11.8. The maximum atomic E-state index is 12.8. The van der Waals surface area contributed by atoms with Crippen molar-refractivity contribution in [3.8, 4) is 0 Å². The summed E-state index contributed by atoms with van der Waals surface area (Å²) < 4.78 is 5.21. The molecule has 1 N–H and O–H groups in total. The van der Waals surface area contributed by atoms with Gasteiger partial charge < -0.3 is 9.84 Å². The Morgan fingerprint density at radius 2 is 1.16 bits per heavy atom. The quantitative estimate of drug-likeness (QED) is 0.226. The number of ether oxygens (including phenoxy) is 1. The van der Waals surface area contributed by atoms with Crippen LogP contribution in [0.25, 0.3) is 0 Å². The molecule has 0 aliphatic carbocycles. The van der Waals surface area contributed by atoms with E-state index >= 15 is 0 Å². The average molecular weight is 430 g/mol. The highest BCUT2D eigenvalue weighted by Crippen LogP contribution is 2.44. The van der Waals surface area contributed by atoms with E-state index in [0.717, 1.165) is 15.9 Å². The molecule has 0 atom stereocenters. The molecule has 1 aliphatic heterocycles. The van der Waals surface area contributed by atoms with Crippen LogP contribution in [0, 0.1) is 0 Å². The van der Waals surface area contributed by atoms with Crippen LogP contribution in [0.3, 0.4) is 0 Å². The monoisotopic (exact) mass is 430 g/mol. The average Bonchev–Trinajstić information content (AvgIpc) is 3.00. The van der Waals surface area contributed by atoms with E-state index in [-0.39, 0.29) is 11.3 Å². The van der Waals surface area contributed by atoms with Crippen LogP contribution in [0.5, 0.6) is 0 Å². The van der Waals surface area contributed by atoms with Gasteiger partial charge in [-0.25, -0.2) is 4.79 Å². The van der Waals surface area contributed by atoms with Crippen LogP contribution < -0.4 is 15.9 Å². The molecule has 5 heteroatoms. The van der Waals surface area contributed by atoms with Gasteiger partial charge in [-0.3, -0.25) is 4.79 Å². The number of Topliss-reactive ketones (excluding diaryl/α,β-unsaturated/α-hetero) is 1. The summed E-state index contributed by atoms with van der Waals surface area (Å²) in [4.78, 5) is 25.3. The highest BCUT2D eigenvalue weighted by atomic mass is 31.2. The van der Waals surface area contributed by atoms with Crippen LogP contribution in [0.1, 0.15) is 13.8 Å². The van der Waals surface area contributed by atoms with E-state index < -0.39 is 24.2 Å². The zero-order valence-corrected chi connectivity index (χ0v) is 18.3. The molecule has 0 unspecified atom stereocenters. The maximum Gasteiger partial charge on any atom is 0.346 e. The van der Waals surface area contributed by atoms with Crippen molar-refractivity contribution >= 4 is 40.3 Å². The van der Waals surface area contributed by atoms with E-state index in [9.17, 15) is 14.7 Å². The van der Waals surface area contributed by atoms with Crippen molar-refractivity contribution in [3.05, 3.63) is 102 Å². The summed E-state index contributed by atoms with van der Waals surface area (Å²) in [7, 11) is 0. The minimum Gasteiger partial charge on any atom is -0.507 e. The third kappa shape index (κ3) is 3.64. The van der Waals surface area contributed by atoms with Crippen LogP contribution in [0.2, 0.25) is 0 Å². The predicted octanol–water partition coefficient (Wildman–Crippen LogP) is 3.50. The first-order valence-electron chi connectivity index (χ1n) is 9.99. The molecule has 3 aromatic rings. The fourth-order valence-electron chi connectivity index (χ4n) is 3.85. The highest BCUT2D eigenvalue weighted by molar-refractivity contribution is 7.94. The zero-order chi connectivity index (χ0) is 22.1. The Morgan fingerprint density at radius 3 is 1.48 bits per heavy atom. The molecule has 0 saturated carbocycles. The highest BCUT2D eigenvalue weighted by Gasteiger charge is 2.47. The first-order chi connectivity index (χ1) is 14.9. The third-order valence-electron chi connectivity index (χ3n) is 5.39. The van der Waals surface area contributed by atoms with Gasteiger partial charge in [0.2, 0.25) is 5.78 Å². The number of carbonyl (C=O) groups is 2. The third-order valence-corrected chi connectivity index (χ3v) is 9.36. The van der Waals surface area contributed by atoms with Crippen molar-refractivity contribution < 1.29 is 19.4 Å². The van der Waals surface area contributed by atoms with E-state index in [0.29, 0.717) is 0 Å². The second-order valence-corrected chi connectivity index (χ2v) is 11.1. The largest absolute Gasteiger partial charge is 0.507 e. The topological polar surface area (TPSA) is 63.6 Å². The molecule has 0 aromatic heterocycles. The molecule has 4 rings (SSSR count). The Labute approximate surface area is 181 Å². The lowest BCUT2D eigenvalue weighted by atomic mass is 10.00. The van der Waals surface area contributed by atoms with Crippen molar-refractivity contribution in [2.45, 2.75) is 19.4 Å². The summed E-state index contributed by atoms with van der Waals surface area (Å²) in [5, 5.41) is 14.2. The van der Waals surface area contributed by atoms with Gasteiger partial charge in [0.05, 0.1) is 0 Å². The molecule has 0 spiro atoms. The molecule has 4 nitrogen and oxygen atoms in total. The van der Waals surface area contributed by atoms with Gasteiger partial charge in [-0.2, -0.15) is 0 Å². The van der Waals surface area contributed by atoms with E-state index in [1.54, 1.807) is 5.80 Å². The summed E-state index contributed by atoms with van der Waals surface area (Å²) >= 11 is 0. The standard InChI is InChI=1S/C26H23O4P/c1-26(2)24(28)23(25(29)30-26)22(27)18-31(19-12-6-3-7-13-19,20-14-8-4-9-15-20)21-16-10-5-11-17-21/h3-18,27H,1-2H3/b23-22+. The van der Waals surface area contributed by atoms with E-state index in [2.05, 4.69) is 0 Å². The minimum atomic E-state index is -2.55. The van der Waals surface area contributed by atoms with Gasteiger partial charge in [0.25, 0.3) is 0 Å². The number of aliphatic hydroxyl groups is 1. The number of carbonyl (C=O) groups excluding carboxylic acids is 2. The molecule has 0 radical (unpaired) electrons. The Morgan fingerprint density at radius 1 is 0.774 bits per heavy atom. The number of hydrogen-bond acceptors (Lipinski definition) is 4. The van der Waals surface area contributed by atoms with Gasteiger partial charge in [-0.15, -0.1) is 0 Å². The van der Waals surface area contributed by atoms with E-state index in [4.69, 9.17) is 4.74 Å². The van der Waals surface area contributed by atoms with E-state index in [1.807, 2.05) is 91.0 Å². The minimum absolute atomic E-state index is 0.294. The number of benzene rings is 3. The molecule has 1 heterocycles. The van der Waals surface area contributed by atoms with Crippen molar-refractivity contribution in [3.63, 3.8) is 0 Å². The van der Waals surface area contributed by atoms with Crippen molar-refractivity contribution in [1.29, 1.82) is 0 Å². The van der Waals surface area contributed by atoms with Crippen molar-refractivity contribution in [2.24, 2.45) is 0 Å². The number of allylic oxidation sites excluding steroid dienone is 1. The second kappa shape index (κ2) is 8.05. The molecule has 31 heavy (non-hydrogen) atoms. The first kappa shape index (κ1) is 20.9. The fourth-order valence-corrected chi connectivity index (χ4v) is 7.62. The molecule has 156 valence electrons. The molecule has 1 saturated heterocycles. The molecule has 1 aliphatic rings. The maximum absolute atomic E-state index is 12.8. The predicted molar refractivity (Wildman–Crippen MR) is 126 cm³/mol. The fraction of sp³-hybridized carbons (Fsp3) is 0.115. The van der Waals surface area contributed by atoms with Gasteiger partial charge >= 0.3 is 5.97 Å². The summed E-state index contributed by atoms with van der Waals surface area (Å²) in [6, 6.07) is 29.6. The molecule has 1 fully saturated rings. The van der Waals surface area contributed by atoms with Crippen LogP contribution in [0.15, 0.2) is 102 Å². The van der Waals surface area contributed by atoms with Gasteiger partial charge in [-0.05, 0) is 42.4 Å². The van der Waals surface area contributed by atoms with Crippen molar-refractivity contribution in [2.75, 3.05) is 0 Å². The molecular weight excluding hydrogens is 407 g/mol. The van der Waals surface area contributed by atoms with Gasteiger partial charge in [0, 0.05) is 0 Å². The summed E-state index contributed by atoms with van der Waals surface area (Å²) in [5.74, 6) is 0.0446. The SMILES string of the molecule is CC1(C)OC(=O)/C(=C(/O)C=P(c2ccccc2)(c2ccccc2)c2ccccc2)C1=O. The Kier molecular flexibility index (Phi) is 5.43. The van der Waals surface area contributed by atoms with Gasteiger partial charge in [0.1, 0.15) is 11.3 Å². The summed E-state index contributed by atoms with van der Waals surface area (Å²) in [6.45, 7) is 0.509.